The van der Waals surface area contributed by atoms with Gasteiger partial charge in [-0.15, -0.1) is 0 Å². The molecule has 0 radical (unpaired) electrons. The molecule has 2 N–H and O–H groups in total. The molecule has 1 atom stereocenters. The highest BCUT2D eigenvalue weighted by molar-refractivity contribution is 5.94. The number of aromatic nitrogens is 1. The average molecular weight is 504 g/mol. The SMILES string of the molecule is COC(=O)[C@H](Cc1ccc(Nc2nc(C)cc3ccc(OC)cc23)cc1)Nc1c(OC(C)C)c(=O)c1=O. The van der Waals surface area contributed by atoms with Crippen LogP contribution in [0.2, 0.25) is 0 Å². The highest BCUT2D eigenvalue weighted by atomic mass is 16.5. The van der Waals surface area contributed by atoms with Crippen LogP contribution in [0.3, 0.4) is 0 Å². The predicted molar refractivity (Wildman–Crippen MR) is 143 cm³/mol. The van der Waals surface area contributed by atoms with Gasteiger partial charge in [-0.3, -0.25) is 9.59 Å². The lowest BCUT2D eigenvalue weighted by molar-refractivity contribution is -0.141. The molecule has 9 heteroatoms. The van der Waals surface area contributed by atoms with Gasteiger partial charge in [-0.05, 0) is 62.1 Å². The molecule has 0 spiro atoms. The van der Waals surface area contributed by atoms with E-state index in [2.05, 4.69) is 15.6 Å². The van der Waals surface area contributed by atoms with Crippen LogP contribution in [0.4, 0.5) is 17.2 Å². The number of pyridine rings is 1. The summed E-state index contributed by atoms with van der Waals surface area (Å²) >= 11 is 0. The zero-order valence-electron chi connectivity index (χ0n) is 21.4. The Morgan fingerprint density at radius 2 is 1.73 bits per heavy atom. The molecular weight excluding hydrogens is 474 g/mol. The smallest absolute Gasteiger partial charge is 0.328 e. The first-order valence-electron chi connectivity index (χ1n) is 11.9. The van der Waals surface area contributed by atoms with E-state index in [1.165, 1.54) is 7.11 Å². The highest BCUT2D eigenvalue weighted by Gasteiger charge is 2.29. The van der Waals surface area contributed by atoms with Gasteiger partial charge in [-0.1, -0.05) is 18.2 Å². The summed E-state index contributed by atoms with van der Waals surface area (Å²) < 4.78 is 15.7. The Labute approximate surface area is 214 Å². The summed E-state index contributed by atoms with van der Waals surface area (Å²) in [6.07, 6.45) is -0.0584. The molecule has 0 amide bonds. The van der Waals surface area contributed by atoms with Crippen LogP contribution in [0.25, 0.3) is 10.8 Å². The number of hydrogen-bond donors (Lipinski definition) is 2. The number of rotatable bonds is 10. The standard InChI is InChI=1S/C28H29N3O6/c1-15(2)37-26-23(24(32)25(26)33)31-22(28(34)36-5)13-17-6-9-19(10-7-17)30-27-21-14-20(35-4)11-8-18(21)12-16(3)29-27/h6-12,14-15,22,31H,13H2,1-5H3,(H,29,30)/t22-/m0/s1. The molecule has 4 aromatic rings. The van der Waals surface area contributed by atoms with Crippen molar-refractivity contribution in [2.45, 2.75) is 39.3 Å². The number of carbonyl (C=O) groups is 1. The fourth-order valence-corrected chi connectivity index (χ4v) is 4.04. The van der Waals surface area contributed by atoms with Gasteiger partial charge in [-0.2, -0.15) is 0 Å². The molecule has 37 heavy (non-hydrogen) atoms. The van der Waals surface area contributed by atoms with Gasteiger partial charge in [-0.25, -0.2) is 9.78 Å². The van der Waals surface area contributed by atoms with E-state index in [9.17, 15) is 14.4 Å². The number of anilines is 3. The minimum atomic E-state index is -0.878. The van der Waals surface area contributed by atoms with Gasteiger partial charge < -0.3 is 24.8 Å². The normalized spacial score (nSPS) is 11.9. The van der Waals surface area contributed by atoms with Crippen molar-refractivity contribution in [3.05, 3.63) is 80.2 Å². The molecule has 0 aliphatic rings. The van der Waals surface area contributed by atoms with Crippen molar-refractivity contribution in [1.82, 2.24) is 4.98 Å². The molecule has 9 nitrogen and oxygen atoms in total. The topological polar surface area (TPSA) is 116 Å². The Bertz CT molecular complexity index is 1500. The lowest BCUT2D eigenvalue weighted by Crippen LogP contribution is -2.42. The maximum Gasteiger partial charge on any atom is 0.328 e. The number of esters is 1. The molecule has 0 fully saturated rings. The lowest BCUT2D eigenvalue weighted by Gasteiger charge is -2.21. The van der Waals surface area contributed by atoms with Crippen LogP contribution >= 0.6 is 0 Å². The summed E-state index contributed by atoms with van der Waals surface area (Å²) in [4.78, 5) is 41.1. The first-order valence-corrected chi connectivity index (χ1v) is 11.9. The van der Waals surface area contributed by atoms with Crippen molar-refractivity contribution in [2.24, 2.45) is 0 Å². The van der Waals surface area contributed by atoms with Crippen LogP contribution in [0.1, 0.15) is 25.1 Å². The summed E-state index contributed by atoms with van der Waals surface area (Å²) in [5, 5.41) is 8.18. The minimum absolute atomic E-state index is 0.000199. The fraction of sp³-hybridized carbons (Fsp3) is 0.286. The van der Waals surface area contributed by atoms with E-state index in [-0.39, 0.29) is 24.0 Å². The second kappa shape index (κ2) is 10.7. The highest BCUT2D eigenvalue weighted by Crippen LogP contribution is 2.29. The summed E-state index contributed by atoms with van der Waals surface area (Å²) in [5.41, 5.74) is 1.10. The first kappa shape index (κ1) is 25.7. The molecule has 192 valence electrons. The molecule has 0 aliphatic carbocycles. The Kier molecular flexibility index (Phi) is 7.42. The van der Waals surface area contributed by atoms with Crippen LogP contribution in [0, 0.1) is 6.92 Å². The largest absolute Gasteiger partial charge is 0.497 e. The summed E-state index contributed by atoms with van der Waals surface area (Å²) in [5.74, 6) is 0.827. The summed E-state index contributed by atoms with van der Waals surface area (Å²) in [7, 11) is 2.89. The van der Waals surface area contributed by atoms with Gasteiger partial charge >= 0.3 is 5.97 Å². The zero-order valence-corrected chi connectivity index (χ0v) is 21.4. The number of aryl methyl sites for hydroxylation is 1. The summed E-state index contributed by atoms with van der Waals surface area (Å²) in [6.45, 7) is 5.44. The third-order valence-corrected chi connectivity index (χ3v) is 5.85. The average Bonchev–Trinajstić information content (AvgIpc) is 2.89. The van der Waals surface area contributed by atoms with Crippen LogP contribution in [0.15, 0.2) is 58.1 Å². The van der Waals surface area contributed by atoms with Crippen molar-refractivity contribution in [2.75, 3.05) is 24.9 Å². The van der Waals surface area contributed by atoms with Gasteiger partial charge in [0.2, 0.25) is 0 Å². The van der Waals surface area contributed by atoms with Crippen molar-refractivity contribution >= 4 is 33.9 Å². The van der Waals surface area contributed by atoms with Gasteiger partial charge in [0.05, 0.1) is 20.3 Å². The van der Waals surface area contributed by atoms with E-state index in [4.69, 9.17) is 14.2 Å². The first-order chi connectivity index (χ1) is 17.7. The Balaban J connectivity index is 1.53. The quantitative estimate of drug-likeness (QED) is 0.246. The van der Waals surface area contributed by atoms with Gasteiger partial charge in [0, 0.05) is 23.2 Å². The molecule has 0 unspecified atom stereocenters. The van der Waals surface area contributed by atoms with Crippen molar-refractivity contribution in [3.63, 3.8) is 0 Å². The van der Waals surface area contributed by atoms with E-state index in [0.717, 1.165) is 33.5 Å². The van der Waals surface area contributed by atoms with Gasteiger partial charge in [0.15, 0.2) is 5.75 Å². The van der Waals surface area contributed by atoms with E-state index < -0.39 is 22.9 Å². The van der Waals surface area contributed by atoms with Crippen molar-refractivity contribution < 1.29 is 19.0 Å². The Morgan fingerprint density at radius 1 is 1.00 bits per heavy atom. The molecule has 1 heterocycles. The fourth-order valence-electron chi connectivity index (χ4n) is 4.04. The van der Waals surface area contributed by atoms with Crippen LogP contribution in [0.5, 0.6) is 11.5 Å². The number of benzene rings is 2. The molecule has 0 bridgehead atoms. The monoisotopic (exact) mass is 503 g/mol. The second-order valence-corrected chi connectivity index (χ2v) is 8.97. The van der Waals surface area contributed by atoms with Gasteiger partial charge in [0.1, 0.15) is 23.3 Å². The number of methoxy groups -OCH3 is 2. The van der Waals surface area contributed by atoms with E-state index >= 15 is 0 Å². The number of nitrogens with zero attached hydrogens (tertiary/aromatic N) is 1. The van der Waals surface area contributed by atoms with Crippen LogP contribution < -0.4 is 31.0 Å². The third-order valence-electron chi connectivity index (χ3n) is 5.85. The van der Waals surface area contributed by atoms with Gasteiger partial charge in [0.25, 0.3) is 10.9 Å². The van der Waals surface area contributed by atoms with Crippen LogP contribution in [-0.2, 0) is 16.0 Å². The number of fused-ring (bicyclic) bond motifs is 1. The lowest BCUT2D eigenvalue weighted by atomic mass is 10.0. The molecule has 4 rings (SSSR count). The summed E-state index contributed by atoms with van der Waals surface area (Å²) in [6, 6.07) is 14.5. The molecule has 0 aliphatic heterocycles. The molecular formula is C28H29N3O6. The number of hydrogen-bond acceptors (Lipinski definition) is 9. The van der Waals surface area contributed by atoms with Crippen LogP contribution in [-0.4, -0.2) is 37.3 Å². The maximum absolute atomic E-state index is 12.5. The number of carbonyl (C=O) groups excluding carboxylic acids is 1. The molecule has 0 saturated heterocycles. The maximum atomic E-state index is 12.5. The predicted octanol–water partition coefficient (Wildman–Crippen LogP) is 3.87. The molecule has 1 aromatic heterocycles. The third kappa shape index (κ3) is 5.55. The zero-order chi connectivity index (χ0) is 26.7. The second-order valence-electron chi connectivity index (χ2n) is 8.97. The Hall–Kier alpha value is -4.40. The number of nitrogens with one attached hydrogen (secondary N) is 2. The minimum Gasteiger partial charge on any atom is -0.497 e. The van der Waals surface area contributed by atoms with E-state index in [0.29, 0.717) is 5.82 Å². The Morgan fingerprint density at radius 3 is 2.38 bits per heavy atom. The van der Waals surface area contributed by atoms with E-state index in [1.54, 1.807) is 21.0 Å². The van der Waals surface area contributed by atoms with E-state index in [1.807, 2.05) is 55.5 Å². The van der Waals surface area contributed by atoms with Crippen molar-refractivity contribution in [1.29, 1.82) is 0 Å². The van der Waals surface area contributed by atoms with Crippen molar-refractivity contribution in [3.8, 4) is 11.5 Å². The molecule has 3 aromatic carbocycles. The molecule has 0 saturated carbocycles. The number of ether oxygens (including phenoxy) is 3.